The van der Waals surface area contributed by atoms with Crippen LogP contribution in [0.4, 0.5) is 0 Å². The Morgan fingerprint density at radius 2 is 1.81 bits per heavy atom. The predicted octanol–water partition coefficient (Wildman–Crippen LogP) is -1.12. The van der Waals surface area contributed by atoms with Gasteiger partial charge in [-0.2, -0.15) is 0 Å². The first kappa shape index (κ1) is 10.6. The van der Waals surface area contributed by atoms with E-state index in [0.29, 0.717) is 4.57 Å². The summed E-state index contributed by atoms with van der Waals surface area (Å²) in [5.41, 5.74) is 0. The maximum Gasteiger partial charge on any atom is 0.371 e. The molecule has 1 aromatic rings. The fourth-order valence-electron chi connectivity index (χ4n) is 0.883. The summed E-state index contributed by atoms with van der Waals surface area (Å²) in [6, 6.07) is 0. The normalized spacial score (nSPS) is 15.8. The van der Waals surface area contributed by atoms with Gasteiger partial charge in [0.1, 0.15) is 0 Å². The van der Waals surface area contributed by atoms with E-state index < -0.39 is 39.2 Å². The Labute approximate surface area is 92.5 Å². The molecule has 0 aromatic carbocycles. The smallest absolute Gasteiger partial charge is 0.366 e. The second-order valence-corrected chi connectivity index (χ2v) is 6.97. The van der Waals surface area contributed by atoms with E-state index in [-0.39, 0.29) is 0 Å². The van der Waals surface area contributed by atoms with Gasteiger partial charge >= 0.3 is 15.2 Å². The lowest BCUT2D eigenvalue weighted by Gasteiger charge is -2.29. The fourth-order valence-corrected chi connectivity index (χ4v) is 2.91. The van der Waals surface area contributed by atoms with Crippen molar-refractivity contribution in [3.63, 3.8) is 0 Å². The molecule has 1 rings (SSSR count). The average molecular weight is 274 g/mol. The Balaban J connectivity index is 3.29. The third-order valence-electron chi connectivity index (χ3n) is 1.77. The highest BCUT2D eigenvalue weighted by Crippen LogP contribution is 2.67. The van der Waals surface area contributed by atoms with E-state index in [1.54, 1.807) is 0 Å². The van der Waals surface area contributed by atoms with E-state index >= 15 is 0 Å². The number of hydrogen-bond donors (Lipinski definition) is 5. The second kappa shape index (κ2) is 4.05. The van der Waals surface area contributed by atoms with Crippen molar-refractivity contribution in [2.75, 3.05) is 0 Å². The van der Waals surface area contributed by atoms with Gasteiger partial charge in [-0.25, -0.2) is 4.98 Å². The summed E-state index contributed by atoms with van der Waals surface area (Å²) < 4.78 is 37.0. The van der Waals surface area contributed by atoms with Crippen LogP contribution in [0.5, 0.6) is 0 Å². The molecule has 1 aromatic heterocycles. The Morgan fingerprint density at radius 1 is 1.31 bits per heavy atom. The van der Waals surface area contributed by atoms with Gasteiger partial charge in [-0.15, -0.1) is 0 Å². The molecule has 0 aliphatic rings. The zero-order valence-electron chi connectivity index (χ0n) is 9.63. The minimum Gasteiger partial charge on any atom is -0.366 e. The highest BCUT2D eigenvalue weighted by Gasteiger charge is 2.59. The predicted molar refractivity (Wildman–Crippen MR) is 51.3 cm³/mol. The lowest BCUT2D eigenvalue weighted by atomic mass is 10.6. The van der Waals surface area contributed by atoms with Gasteiger partial charge in [-0.3, -0.25) is 9.13 Å². The summed E-state index contributed by atoms with van der Waals surface area (Å²) in [4.78, 5) is 38.7. The molecule has 0 saturated heterocycles. The standard InChI is InChI=1S/C5H10N2O7P2/c8-5(15(9,10)11,16(12,13)14)3-7-2-1-6-4-7/h1-2,4,8H,3H2,(H2,9,10,11)(H2,12,13,14)/i1D,2D. The molecule has 0 radical (unpaired) electrons. The largest absolute Gasteiger partial charge is 0.371 e. The Kier molecular flexibility index (Phi) is 2.68. The molecule has 1 heterocycles. The maximum absolute atomic E-state index is 11.0. The minimum atomic E-state index is -5.59. The highest BCUT2D eigenvalue weighted by molar-refractivity contribution is 7.72. The Morgan fingerprint density at radius 3 is 2.12 bits per heavy atom. The number of rotatable bonds is 4. The van der Waals surface area contributed by atoms with Gasteiger partial charge in [0.2, 0.25) is 0 Å². The van der Waals surface area contributed by atoms with Crippen molar-refractivity contribution >= 4 is 15.2 Å². The average Bonchev–Trinajstić information content (AvgIpc) is 2.46. The monoisotopic (exact) mass is 274 g/mol. The molecule has 11 heteroatoms. The summed E-state index contributed by atoms with van der Waals surface area (Å²) in [5, 5.41) is 5.89. The maximum atomic E-state index is 11.0. The minimum absolute atomic E-state index is 0.556. The molecule has 0 amide bonds. The molecule has 0 saturated carbocycles. The summed E-state index contributed by atoms with van der Waals surface area (Å²) in [7, 11) is -11.2. The molecule has 92 valence electrons. The number of aromatic nitrogens is 2. The van der Waals surface area contributed by atoms with E-state index in [4.69, 9.17) is 22.3 Å². The van der Waals surface area contributed by atoms with Crippen LogP contribution < -0.4 is 0 Å². The highest BCUT2D eigenvalue weighted by atomic mass is 31.2. The number of imidazole rings is 1. The summed E-state index contributed by atoms with van der Waals surface area (Å²) in [6.07, 6.45) is -0.440. The number of hydrogen-bond acceptors (Lipinski definition) is 4. The second-order valence-electron chi connectivity index (χ2n) is 2.96. The summed E-state index contributed by atoms with van der Waals surface area (Å²) in [5.74, 6) is 0. The zero-order chi connectivity index (χ0) is 14.4. The first-order valence-corrected chi connectivity index (χ1v) is 6.94. The van der Waals surface area contributed by atoms with Crippen molar-refractivity contribution in [1.29, 1.82) is 0 Å². The molecule has 0 aliphatic carbocycles. The van der Waals surface area contributed by atoms with Crippen LogP contribution in [0.25, 0.3) is 0 Å². The molecule has 0 atom stereocenters. The van der Waals surface area contributed by atoms with Crippen molar-refractivity contribution in [3.05, 3.63) is 18.7 Å². The van der Waals surface area contributed by atoms with Crippen LogP contribution in [0.15, 0.2) is 18.7 Å². The van der Waals surface area contributed by atoms with Gasteiger partial charge in [-0.1, -0.05) is 0 Å². The molecule has 9 nitrogen and oxygen atoms in total. The third-order valence-corrected chi connectivity index (χ3v) is 5.48. The molecule has 5 N–H and O–H groups in total. The quantitative estimate of drug-likeness (QED) is 0.433. The van der Waals surface area contributed by atoms with E-state index in [1.165, 1.54) is 0 Å². The molecule has 16 heavy (non-hydrogen) atoms. The van der Waals surface area contributed by atoms with Crippen LogP contribution in [0, 0.1) is 0 Å². The van der Waals surface area contributed by atoms with Gasteiger partial charge in [-0.05, 0) is 0 Å². The van der Waals surface area contributed by atoms with Crippen molar-refractivity contribution in [2.45, 2.75) is 11.6 Å². The van der Waals surface area contributed by atoms with Crippen LogP contribution in [0.1, 0.15) is 2.74 Å². The number of aliphatic hydroxyl groups is 1. The van der Waals surface area contributed by atoms with Gasteiger partial charge in [0.05, 0.1) is 15.6 Å². The van der Waals surface area contributed by atoms with E-state index in [2.05, 4.69) is 4.98 Å². The topological polar surface area (TPSA) is 153 Å². The molecule has 0 fully saturated rings. The van der Waals surface area contributed by atoms with Gasteiger partial charge in [0, 0.05) is 12.3 Å². The van der Waals surface area contributed by atoms with Crippen LogP contribution >= 0.6 is 15.2 Å². The van der Waals surface area contributed by atoms with E-state index in [0.717, 1.165) is 6.33 Å². The van der Waals surface area contributed by atoms with Gasteiger partial charge in [0.15, 0.2) is 0 Å². The lowest BCUT2D eigenvalue weighted by Crippen LogP contribution is -2.33. The first-order chi connectivity index (χ1) is 7.90. The number of nitrogens with zero attached hydrogens (tertiary/aromatic N) is 2. The van der Waals surface area contributed by atoms with Crippen LogP contribution in [0.3, 0.4) is 0 Å². The van der Waals surface area contributed by atoms with Gasteiger partial charge < -0.3 is 29.2 Å². The molecule has 0 spiro atoms. The summed E-state index contributed by atoms with van der Waals surface area (Å²) in [6.45, 7) is -1.26. The molecular formula is C5H10N2O7P2. The van der Waals surface area contributed by atoms with Crippen LogP contribution in [0.2, 0.25) is 0 Å². The lowest BCUT2D eigenvalue weighted by molar-refractivity contribution is 0.115. The van der Waals surface area contributed by atoms with Gasteiger partial charge in [0.25, 0.3) is 5.08 Å². The molecular weight excluding hydrogens is 262 g/mol. The zero-order valence-corrected chi connectivity index (χ0v) is 9.41. The Hall–Kier alpha value is -0.530. The molecule has 0 aliphatic heterocycles. The van der Waals surface area contributed by atoms with Crippen molar-refractivity contribution in [1.82, 2.24) is 9.55 Å². The van der Waals surface area contributed by atoms with E-state index in [1.807, 2.05) is 0 Å². The van der Waals surface area contributed by atoms with Crippen molar-refractivity contribution in [2.24, 2.45) is 0 Å². The Bertz CT molecular complexity index is 526. The van der Waals surface area contributed by atoms with E-state index in [9.17, 15) is 14.2 Å². The summed E-state index contributed by atoms with van der Waals surface area (Å²) >= 11 is 0. The van der Waals surface area contributed by atoms with Crippen molar-refractivity contribution in [3.8, 4) is 0 Å². The SMILES string of the molecule is [2H]c1ncn(CC(O)(P(=O)(O)O)P(=O)(O)O)c1[2H]. The third kappa shape index (κ3) is 2.41. The van der Waals surface area contributed by atoms with Crippen LogP contribution in [-0.4, -0.2) is 39.3 Å². The van der Waals surface area contributed by atoms with Crippen LogP contribution in [-0.2, 0) is 15.7 Å². The molecule has 0 bridgehead atoms. The molecule has 0 unspecified atom stereocenters. The first-order valence-electron chi connectivity index (χ1n) is 4.72. The fraction of sp³-hybridized carbons (Fsp3) is 0.400. The van der Waals surface area contributed by atoms with Crippen molar-refractivity contribution < 1.29 is 36.6 Å².